The number of halogens is 1. The summed E-state index contributed by atoms with van der Waals surface area (Å²) < 4.78 is 5.76. The number of imidazole rings is 1. The van der Waals surface area contributed by atoms with Gasteiger partial charge in [0.15, 0.2) is 0 Å². The number of rotatable bonds is 4. The molecular weight excluding hydrogens is 510 g/mol. The lowest BCUT2D eigenvalue weighted by Gasteiger charge is -2.34. The number of likely N-dealkylation sites (N-methyl/N-ethyl adjacent to an activating group) is 1. The first-order chi connectivity index (χ1) is 16.7. The molecule has 0 bridgehead atoms. The lowest BCUT2D eigenvalue weighted by molar-refractivity contribution is 0.313. The molecule has 2 aromatic heterocycles. The van der Waals surface area contributed by atoms with Crippen molar-refractivity contribution in [1.82, 2.24) is 23.8 Å². The van der Waals surface area contributed by atoms with Gasteiger partial charge in [0.25, 0.3) is 5.56 Å². The summed E-state index contributed by atoms with van der Waals surface area (Å²) in [7, 11) is 5.67. The molecule has 5 rings (SSSR count). The highest BCUT2D eigenvalue weighted by Crippen LogP contribution is 2.34. The molecule has 0 radical (unpaired) electrons. The number of piperazine rings is 1. The molecule has 0 aliphatic carbocycles. The Morgan fingerprint density at radius 2 is 1.57 bits per heavy atom. The summed E-state index contributed by atoms with van der Waals surface area (Å²) in [6, 6.07) is 11.5. The highest BCUT2D eigenvalue weighted by molar-refractivity contribution is 9.10. The minimum atomic E-state index is -0.164. The Morgan fingerprint density at radius 1 is 0.943 bits per heavy atom. The molecule has 3 heterocycles. The number of nitrogens with one attached hydrogen (secondary N) is 1. The number of anilines is 1. The van der Waals surface area contributed by atoms with Gasteiger partial charge in [-0.1, -0.05) is 15.9 Å². The third-order valence-electron chi connectivity index (χ3n) is 6.75. The molecule has 9 nitrogen and oxygen atoms in total. The molecule has 2 aromatic carbocycles. The van der Waals surface area contributed by atoms with E-state index >= 15 is 0 Å². The van der Waals surface area contributed by atoms with E-state index in [2.05, 4.69) is 37.9 Å². The maximum absolute atomic E-state index is 13.2. The van der Waals surface area contributed by atoms with Gasteiger partial charge < -0.3 is 9.80 Å². The van der Waals surface area contributed by atoms with Gasteiger partial charge in [-0.15, -0.1) is 0 Å². The fraction of sp³-hybridized carbons (Fsp3) is 0.320. The minimum absolute atomic E-state index is 0.0793. The average molecular weight is 538 g/mol. The summed E-state index contributed by atoms with van der Waals surface area (Å²) in [6.07, 6.45) is 1.63. The molecule has 0 saturated carbocycles. The van der Waals surface area contributed by atoms with E-state index in [9.17, 15) is 9.59 Å². The predicted octanol–water partition coefficient (Wildman–Crippen LogP) is 2.93. The first kappa shape index (κ1) is 23.4. The van der Waals surface area contributed by atoms with Gasteiger partial charge in [-0.05, 0) is 50.4 Å². The van der Waals surface area contributed by atoms with Crippen LogP contribution in [0.2, 0.25) is 0 Å². The molecule has 1 fully saturated rings. The van der Waals surface area contributed by atoms with Crippen LogP contribution in [-0.4, -0.2) is 63.3 Å². The molecule has 0 amide bonds. The Kier molecular flexibility index (Phi) is 6.02. The van der Waals surface area contributed by atoms with Gasteiger partial charge in [-0.25, -0.2) is 9.48 Å². The van der Waals surface area contributed by atoms with Crippen LogP contribution in [0.15, 0.2) is 55.5 Å². The number of hydrogen-bond acceptors (Lipinski definition) is 5. The predicted molar refractivity (Wildman–Crippen MR) is 144 cm³/mol. The van der Waals surface area contributed by atoms with Crippen LogP contribution in [-0.2, 0) is 14.1 Å². The fourth-order valence-corrected chi connectivity index (χ4v) is 4.81. The zero-order valence-electron chi connectivity index (χ0n) is 20.2. The first-order valence-electron chi connectivity index (χ1n) is 11.5. The van der Waals surface area contributed by atoms with Crippen LogP contribution in [0.25, 0.3) is 16.7 Å². The van der Waals surface area contributed by atoms with Crippen molar-refractivity contribution in [2.24, 2.45) is 19.1 Å². The van der Waals surface area contributed by atoms with Crippen molar-refractivity contribution in [2.75, 3.05) is 38.1 Å². The van der Waals surface area contributed by atoms with E-state index in [0.717, 1.165) is 64.4 Å². The van der Waals surface area contributed by atoms with Crippen molar-refractivity contribution < 1.29 is 0 Å². The maximum atomic E-state index is 13.2. The van der Waals surface area contributed by atoms with Gasteiger partial charge in [0.05, 0.1) is 33.7 Å². The molecule has 0 unspecified atom stereocenters. The van der Waals surface area contributed by atoms with Gasteiger partial charge in [0.1, 0.15) is 0 Å². The van der Waals surface area contributed by atoms with Crippen LogP contribution >= 0.6 is 15.9 Å². The molecule has 1 N–H and O–H groups in total. The molecule has 35 heavy (non-hydrogen) atoms. The summed E-state index contributed by atoms with van der Waals surface area (Å²) in [5.41, 5.74) is 5.10. The second-order valence-corrected chi connectivity index (χ2v) is 9.96. The highest BCUT2D eigenvalue weighted by atomic mass is 79.9. The van der Waals surface area contributed by atoms with Crippen molar-refractivity contribution in [3.8, 4) is 5.69 Å². The van der Waals surface area contributed by atoms with Crippen LogP contribution in [0.4, 0.5) is 11.4 Å². The maximum Gasteiger partial charge on any atom is 0.328 e. The zero-order valence-corrected chi connectivity index (χ0v) is 21.8. The summed E-state index contributed by atoms with van der Waals surface area (Å²) >= 11 is 3.43. The second-order valence-electron chi connectivity index (χ2n) is 9.05. The van der Waals surface area contributed by atoms with Gasteiger partial charge in [0.2, 0.25) is 0 Å². The van der Waals surface area contributed by atoms with E-state index in [1.54, 1.807) is 29.4 Å². The lowest BCUT2D eigenvalue weighted by atomic mass is 10.2. The van der Waals surface area contributed by atoms with E-state index in [1.807, 2.05) is 43.3 Å². The van der Waals surface area contributed by atoms with Crippen LogP contribution in [0, 0.1) is 6.92 Å². The van der Waals surface area contributed by atoms with Gasteiger partial charge in [-0.3, -0.25) is 24.0 Å². The number of aryl methyl sites for hydroxylation is 3. The number of nitrogens with zero attached hydrogens (tertiary/aromatic N) is 6. The normalized spacial score (nSPS) is 15.1. The smallest absolute Gasteiger partial charge is 0.328 e. The van der Waals surface area contributed by atoms with Gasteiger partial charge in [0, 0.05) is 56.7 Å². The number of aromatic nitrogens is 4. The Bertz CT molecular complexity index is 1550. The summed E-state index contributed by atoms with van der Waals surface area (Å²) in [5.74, 6) is 0. The van der Waals surface area contributed by atoms with E-state index in [1.165, 1.54) is 4.68 Å². The van der Waals surface area contributed by atoms with Crippen molar-refractivity contribution >= 4 is 44.6 Å². The molecular formula is C25H28BrN7O2. The van der Waals surface area contributed by atoms with Crippen molar-refractivity contribution in [2.45, 2.75) is 6.92 Å². The first-order valence-corrected chi connectivity index (χ1v) is 12.3. The van der Waals surface area contributed by atoms with Crippen molar-refractivity contribution in [3.05, 3.63) is 73.0 Å². The van der Waals surface area contributed by atoms with Crippen LogP contribution in [0.5, 0.6) is 0 Å². The Hall–Kier alpha value is -3.37. The van der Waals surface area contributed by atoms with E-state index in [-0.39, 0.29) is 11.2 Å². The number of benzene rings is 2. The minimum Gasteiger partial charge on any atom is -0.367 e. The number of fused-ring (bicyclic) bond motifs is 1. The topological polar surface area (TPSA) is 83.6 Å². The van der Waals surface area contributed by atoms with Crippen molar-refractivity contribution in [3.63, 3.8) is 0 Å². The summed E-state index contributed by atoms with van der Waals surface area (Å²) in [4.78, 5) is 35.2. The molecule has 10 heteroatoms. The van der Waals surface area contributed by atoms with E-state index < -0.39 is 0 Å². The molecule has 0 atom stereocenters. The third-order valence-corrected chi connectivity index (χ3v) is 7.28. The quantitative estimate of drug-likeness (QED) is 0.405. The van der Waals surface area contributed by atoms with Crippen LogP contribution in [0.3, 0.4) is 0 Å². The largest absolute Gasteiger partial charge is 0.367 e. The number of aliphatic imine (C=N–C) groups is 1. The molecule has 0 spiro atoms. The third kappa shape index (κ3) is 4.17. The Labute approximate surface area is 211 Å². The van der Waals surface area contributed by atoms with Crippen LogP contribution in [0.1, 0.15) is 11.3 Å². The average Bonchev–Trinajstić information content (AvgIpc) is 3.25. The molecule has 1 saturated heterocycles. The highest BCUT2D eigenvalue weighted by Gasteiger charge is 2.20. The lowest BCUT2D eigenvalue weighted by Crippen LogP contribution is -2.44. The van der Waals surface area contributed by atoms with Crippen molar-refractivity contribution in [1.29, 1.82) is 0 Å². The van der Waals surface area contributed by atoms with Gasteiger partial charge in [-0.2, -0.15) is 0 Å². The zero-order chi connectivity index (χ0) is 24.9. The van der Waals surface area contributed by atoms with Gasteiger partial charge >= 0.3 is 5.69 Å². The molecule has 1 aliphatic rings. The monoisotopic (exact) mass is 537 g/mol. The van der Waals surface area contributed by atoms with E-state index in [0.29, 0.717) is 5.56 Å². The number of H-pyrrole nitrogens is 1. The van der Waals surface area contributed by atoms with E-state index in [4.69, 9.17) is 4.99 Å². The molecule has 4 aromatic rings. The number of hydrogen-bond donors (Lipinski definition) is 1. The summed E-state index contributed by atoms with van der Waals surface area (Å²) in [5, 5.41) is 3.15. The SMILES string of the molecule is Cc1[nH]n(-c2ccc(Br)cc2)c(=O)c1C=Nc1cc2c(cc1N1CCN(C)CC1)n(C)c(=O)n2C. The summed E-state index contributed by atoms with van der Waals surface area (Å²) in [6.45, 7) is 5.49. The Balaban J connectivity index is 1.60. The standard InChI is InChI=1S/C25H28BrN7O2/c1-16-19(24(34)33(28-16)18-7-5-17(26)6-8-18)15-27-20-13-22-23(31(4)25(35)30(22)3)14-21(20)32-11-9-29(2)10-12-32/h5-8,13-15,28H,9-12H2,1-4H3. The van der Waals surface area contributed by atoms with Crippen LogP contribution < -0.4 is 16.1 Å². The molecule has 182 valence electrons. The second kappa shape index (κ2) is 9.01. The Morgan fingerprint density at radius 3 is 2.23 bits per heavy atom. The fourth-order valence-electron chi connectivity index (χ4n) is 4.54. The number of aromatic amines is 1. The molecule has 1 aliphatic heterocycles.